The highest BCUT2D eigenvalue weighted by molar-refractivity contribution is 7.83. The third-order valence-electron chi connectivity index (χ3n) is 11.5. The smallest absolute Gasteiger partial charge is 0.419 e. The van der Waals surface area contributed by atoms with E-state index < -0.39 is 260 Å². The molecule has 8 heterocycles. The number of hydrogen-bond acceptors (Lipinski definition) is 33. The van der Waals surface area contributed by atoms with Crippen LogP contribution in [0.3, 0.4) is 0 Å². The molecule has 0 saturated heterocycles. The molecule has 0 bridgehead atoms. The monoisotopic (exact) mass is 2610 g/mol. The van der Waals surface area contributed by atoms with Crippen LogP contribution in [0.1, 0.15) is 6.92 Å². The number of halogens is 53. The van der Waals surface area contributed by atoms with E-state index in [1.54, 1.807) is 9.03 Å². The van der Waals surface area contributed by atoms with Crippen LogP contribution >= 0.6 is 186 Å². The first-order valence-electron chi connectivity index (χ1n) is 31.2. The summed E-state index contributed by atoms with van der Waals surface area (Å²) >= 11 is 0. The second-order valence-corrected chi connectivity index (χ2v) is 70.1. The minimum absolute atomic E-state index is 0.0305. The summed E-state index contributed by atoms with van der Waals surface area (Å²) in [6.07, 6.45) is -23.1. The topological polar surface area (TPSA) is 356 Å². The first-order chi connectivity index (χ1) is 60.1. The minimum Gasteiger partial charge on any atom is -0.419 e. The zero-order valence-corrected chi connectivity index (χ0v) is 87.6. The molecule has 9 rings (SSSR count). The molecule has 110 heteroatoms. The summed E-state index contributed by atoms with van der Waals surface area (Å²) in [7, 11) is -120. The van der Waals surface area contributed by atoms with Gasteiger partial charge in [0, 0.05) is 26.5 Å². The Morgan fingerprint density at radius 1 is 0.239 bits per heavy atom. The van der Waals surface area contributed by atoms with Crippen molar-refractivity contribution in [3.8, 4) is 5.75 Å². The van der Waals surface area contributed by atoms with E-state index >= 15 is 0 Å². The molecule has 0 aliphatic carbocycles. The number of benzene rings is 1. The molecule has 0 aromatic heterocycles. The third kappa shape index (κ3) is 46.8. The number of rotatable bonds is 17. The van der Waals surface area contributed by atoms with Crippen LogP contribution in [0.4, 0.5) is 226 Å². The van der Waals surface area contributed by atoms with Gasteiger partial charge in [-0.05, 0) is 73.6 Å². The predicted molar refractivity (Wildman–Crippen MR) is 426 cm³/mol. The number of alkyl halides is 16. The first kappa shape index (κ1) is 135. The molecule has 33 nitrogen and oxygen atoms in total. The molecule has 8 aliphatic rings. The molecule has 8 aliphatic heterocycles. The molecule has 0 radical (unpaired) electrons. The van der Waals surface area contributed by atoms with Crippen molar-refractivity contribution in [2.75, 3.05) is 102 Å². The van der Waals surface area contributed by atoms with Gasteiger partial charge < -0.3 is 4.52 Å². The molecule has 1 aromatic rings. The van der Waals surface area contributed by atoms with Crippen molar-refractivity contribution < 1.29 is 248 Å². The lowest BCUT2D eigenvalue weighted by Gasteiger charge is -2.27. The molecule has 0 fully saturated rings. The van der Waals surface area contributed by atoms with Crippen molar-refractivity contribution in [2.45, 2.75) is 43.5 Å². The molecule has 138 heavy (non-hydrogen) atoms. The molecular weight excluding hydrogens is 2560 g/mol. The Bertz CT molecular complexity index is 5870. The van der Waals surface area contributed by atoms with Crippen LogP contribution in [-0.2, 0) is 18.1 Å². The van der Waals surface area contributed by atoms with Gasteiger partial charge in [-0.3, -0.25) is 18.1 Å². The SMILES string of the molecule is CCN(C)P1(F)=NP(F)(F)=NP(F)(F)=N1.CN(C)P1(F)=NP(F)(F)=NP(F)(F)=N1.CN(C)P1(F)=NP(F)(F)=NP(F)(N(C)C)=N1.CP1(F)=NP(C)(F)=NP(F)(F)=N1.CP1(F)=NP(F)(F)=NP(F)(F)=N1.FC(F)(F)C(F)(F)COP1(F)=NP(F)(F)=NP(F)(OCC(F)(F)C(F)(F)F)=N1.FC(F)(F)COP1(F)=NP(F)(F)=NP(F)(OCC(F)(F)F)=N1.Fc1ccc(OP2(F)=NP(F)(F)=NP(F)(F)=N2)cc1. The number of hydrogen-bond donors (Lipinski definition) is 0. The van der Waals surface area contributed by atoms with Gasteiger partial charge in [0.1, 0.15) is 24.8 Å². The summed E-state index contributed by atoms with van der Waals surface area (Å²) in [4.78, 5) is 0. The molecule has 1 aromatic carbocycles. The van der Waals surface area contributed by atoms with Crippen molar-refractivity contribution >= 4 is 186 Å². The van der Waals surface area contributed by atoms with Crippen molar-refractivity contribution in [3.63, 3.8) is 0 Å². The zero-order valence-electron chi connectivity index (χ0n) is 66.2. The van der Waals surface area contributed by atoms with Crippen LogP contribution in [0, 0.1) is 5.82 Å². The fourth-order valence-electron chi connectivity index (χ4n) is 6.54. The lowest BCUT2D eigenvalue weighted by molar-refractivity contribution is -0.290. The first-order valence-corrected chi connectivity index (χ1v) is 68.7. The average Bonchev–Trinajstić information content (AvgIpc) is 0.777. The lowest BCUT2D eigenvalue weighted by atomic mass is 10.3. The Hall–Kier alpha value is 0.510. The van der Waals surface area contributed by atoms with E-state index in [4.69, 9.17) is 0 Å². The molecule has 0 spiro atoms. The largest absolute Gasteiger partial charge is 0.455 e. The third-order valence-corrected chi connectivity index (χ3v) is 62.6. The van der Waals surface area contributed by atoms with Gasteiger partial charge >= 0.3 is 200 Å². The normalized spacial score (nSPS) is 33.4. The predicted octanol–water partition coefficient (Wildman–Crippen LogP) is 48.2. The molecular formula is C28H47F53N28O5P24. The summed E-state index contributed by atoms with van der Waals surface area (Å²) in [5.41, 5.74) is 0. The maximum absolute atomic E-state index is 14.0. The summed E-state index contributed by atoms with van der Waals surface area (Å²) < 4.78 is 749. The van der Waals surface area contributed by atoms with Gasteiger partial charge in [0.15, 0.2) is 13.2 Å². The zero-order chi connectivity index (χ0) is 109. The van der Waals surface area contributed by atoms with Crippen molar-refractivity contribution in [2.24, 2.45) is 108 Å². The molecule has 12 unspecified atom stereocenters. The maximum Gasteiger partial charge on any atom is 0.455 e. The van der Waals surface area contributed by atoms with Crippen molar-refractivity contribution in [3.05, 3.63) is 30.1 Å². The van der Waals surface area contributed by atoms with E-state index in [-0.39, 0.29) is 6.54 Å². The van der Waals surface area contributed by atoms with Crippen LogP contribution in [0.25, 0.3) is 0 Å². The Labute approximate surface area is 740 Å². The molecule has 0 N–H and O–H groups in total. The fourth-order valence-corrected chi connectivity index (χ4v) is 55.7. The highest BCUT2D eigenvalue weighted by atomic mass is 31.3. The Balaban J connectivity index is 0.000000542. The van der Waals surface area contributed by atoms with E-state index in [1.807, 2.05) is 31.6 Å². The van der Waals surface area contributed by atoms with Gasteiger partial charge in [-0.15, -0.1) is 186 Å². The molecule has 0 saturated carbocycles. The van der Waals surface area contributed by atoms with Gasteiger partial charge in [-0.1, -0.05) is 6.92 Å². The summed E-state index contributed by atoms with van der Waals surface area (Å²) in [5, 5.41) is 0. The average molecular weight is 2610 g/mol. The molecule has 12 atom stereocenters. The quantitative estimate of drug-likeness (QED) is 0.105. The van der Waals surface area contributed by atoms with E-state index in [0.717, 1.165) is 68.1 Å². The minimum atomic E-state index is -6.62. The molecule has 820 valence electrons. The Morgan fingerprint density at radius 2 is 0.457 bits per heavy atom. The van der Waals surface area contributed by atoms with Gasteiger partial charge in [-0.2, -0.15) is 144 Å². The fraction of sp³-hybridized carbons (Fsp3) is 0.786. The van der Waals surface area contributed by atoms with Crippen molar-refractivity contribution in [1.82, 2.24) is 18.7 Å². The van der Waals surface area contributed by atoms with E-state index in [2.05, 4.69) is 90.4 Å². The highest BCUT2D eigenvalue weighted by Crippen LogP contribution is 2.89. The van der Waals surface area contributed by atoms with Crippen LogP contribution < -0.4 is 4.52 Å². The van der Waals surface area contributed by atoms with E-state index in [0.29, 0.717) is 16.0 Å². The van der Waals surface area contributed by atoms with Crippen LogP contribution in [-0.4, -0.2) is 158 Å². The second-order valence-electron chi connectivity index (χ2n) is 24.2. The van der Waals surface area contributed by atoms with Gasteiger partial charge in [0.25, 0.3) is 0 Å². The highest BCUT2D eigenvalue weighted by Gasteiger charge is 2.61. The summed E-state index contributed by atoms with van der Waals surface area (Å²) in [6.45, 7) is -7.36. The maximum atomic E-state index is 14.0. The summed E-state index contributed by atoms with van der Waals surface area (Å²) in [6, 6.07) is 3.47. The molecule has 0 amide bonds. The summed E-state index contributed by atoms with van der Waals surface area (Å²) in [5.74, 6) is -12.8. The van der Waals surface area contributed by atoms with E-state index in [1.165, 1.54) is 35.1 Å². The van der Waals surface area contributed by atoms with Crippen LogP contribution in [0.2, 0.25) is 0 Å². The lowest BCUT2D eigenvalue weighted by Crippen LogP contribution is -2.40. The van der Waals surface area contributed by atoms with Gasteiger partial charge in [0.2, 0.25) is 22.5 Å². The van der Waals surface area contributed by atoms with Crippen LogP contribution in [0.5, 0.6) is 5.75 Å². The Morgan fingerprint density at radius 3 is 0.732 bits per heavy atom. The number of nitrogens with zero attached hydrogens (tertiary/aromatic N) is 28. The van der Waals surface area contributed by atoms with Crippen molar-refractivity contribution in [1.29, 1.82) is 0 Å². The van der Waals surface area contributed by atoms with Crippen LogP contribution in [0.15, 0.2) is 133 Å². The van der Waals surface area contributed by atoms with Gasteiger partial charge in [-0.25, -0.2) is 23.1 Å². The van der Waals surface area contributed by atoms with E-state index in [9.17, 15) is 226 Å². The Kier molecular flexibility index (Phi) is 44.7. The second kappa shape index (κ2) is 45.8. The van der Waals surface area contributed by atoms with Gasteiger partial charge in [0.05, 0.1) is 0 Å². The standard InChI is InChI=1S/C6H4F14N3O2P3.C6H4F6N3OP3.C4H4F10N3O2P3.C4H12F4N5P3.C3H8F5N4P3.C2H6F5N4P3.C2H6F4N3P3.CH3F5N3P3/c7-3(8,5(11,12)13)1-24-27(19)21-26(17,18)22-28(20,23-27)25-2-4(9,10)6(14,15)16;7-5-1-3-6(4-2-5)16-19(12)14-17(8,9)13-18(10,11)15-19;5-3(6,7)1-18-21(13)15-20(11,12)16-22(14,17-21)19-2-4(8,9)10;1-12(2)15(7)9-14(5,6)10-16(8,11-15)13(3)4;1-3-12(2)15(8)10-13(4,5)9-14(6,7)11-15;1-11(2)14(7)9-12(3,4)8-13(5,6)10-14;1-10(3)7-11(2,4)9-12(5,6)8-10;1-10(2)7-11(3,4)9-12(5,6)8-10/h1-2H2;1-4H;1-2H2;1-4H3;3H2,1-2H3;1-2H3;1-2H3;1H3.